The highest BCUT2D eigenvalue weighted by atomic mass is 16.4. The lowest BCUT2D eigenvalue weighted by molar-refractivity contribution is -0.142. The van der Waals surface area contributed by atoms with Crippen molar-refractivity contribution < 1.29 is 29.4 Å². The Kier molecular flexibility index (Phi) is 16.0. The summed E-state index contributed by atoms with van der Waals surface area (Å²) in [6, 6.07) is -4.49. The molecule has 0 aromatic carbocycles. The van der Waals surface area contributed by atoms with E-state index in [0.717, 1.165) is 0 Å². The molecule has 0 aromatic heterocycles. The van der Waals surface area contributed by atoms with Crippen LogP contribution in [-0.2, 0) is 19.2 Å². The third-order valence-corrected chi connectivity index (χ3v) is 5.01. The molecule has 0 heterocycles. The van der Waals surface area contributed by atoms with Gasteiger partial charge >= 0.3 is 5.97 Å². The lowest BCUT2D eigenvalue weighted by atomic mass is 10.0. The summed E-state index contributed by atoms with van der Waals surface area (Å²) in [4.78, 5) is 53.5. The van der Waals surface area contributed by atoms with E-state index in [1.807, 2.05) is 13.8 Å². The van der Waals surface area contributed by atoms with Gasteiger partial charge in [0.25, 0.3) is 0 Å². The zero-order valence-corrected chi connectivity index (χ0v) is 20.5. The number of carbonyl (C=O) groups is 4. The molecule has 4 unspecified atom stereocenters. The molecule has 0 aliphatic carbocycles. The molecule has 0 aromatic rings. The minimum absolute atomic E-state index is 0.00992. The summed E-state index contributed by atoms with van der Waals surface area (Å²) in [6.07, 6.45) is 2.01. The first-order chi connectivity index (χ1) is 16.4. The molecule has 0 rings (SSSR count). The number of hydrogen-bond donors (Lipinski definition) is 9. The minimum atomic E-state index is -1.23. The number of unbranched alkanes of at least 4 members (excludes halogenated alkanes) is 1. The fourth-order valence-electron chi connectivity index (χ4n) is 3.13. The Morgan fingerprint density at radius 3 is 1.91 bits per heavy atom. The van der Waals surface area contributed by atoms with Crippen molar-refractivity contribution in [3.05, 3.63) is 0 Å². The lowest BCUT2D eigenvalue weighted by Crippen LogP contribution is -2.57. The average Bonchev–Trinajstić information content (AvgIpc) is 2.78. The maximum Gasteiger partial charge on any atom is 0.326 e. The van der Waals surface area contributed by atoms with Crippen LogP contribution >= 0.6 is 0 Å². The number of carboxylic acids is 1. The van der Waals surface area contributed by atoms with Gasteiger partial charge in [0.2, 0.25) is 17.7 Å². The molecule has 13 N–H and O–H groups in total. The van der Waals surface area contributed by atoms with E-state index < -0.39 is 54.5 Å². The molecule has 0 bridgehead atoms. The molecule has 0 spiro atoms. The monoisotopic (exact) mass is 502 g/mol. The van der Waals surface area contributed by atoms with Crippen LogP contribution in [0.3, 0.4) is 0 Å². The van der Waals surface area contributed by atoms with Gasteiger partial charge in [-0.25, -0.2) is 4.79 Å². The Morgan fingerprint density at radius 1 is 0.857 bits per heavy atom. The van der Waals surface area contributed by atoms with Gasteiger partial charge in [-0.05, 0) is 51.0 Å². The molecule has 14 heteroatoms. The largest absolute Gasteiger partial charge is 0.480 e. The Balaban J connectivity index is 5.49. The molecule has 0 aliphatic rings. The van der Waals surface area contributed by atoms with Gasteiger partial charge in [-0.2, -0.15) is 0 Å². The molecule has 202 valence electrons. The van der Waals surface area contributed by atoms with E-state index in [2.05, 4.69) is 20.9 Å². The second-order valence-electron chi connectivity index (χ2n) is 8.67. The highest BCUT2D eigenvalue weighted by molar-refractivity contribution is 5.94. The second-order valence-corrected chi connectivity index (χ2v) is 8.67. The van der Waals surface area contributed by atoms with Crippen LogP contribution in [0.25, 0.3) is 0 Å². The molecule has 0 saturated heterocycles. The summed E-state index contributed by atoms with van der Waals surface area (Å²) < 4.78 is 0. The summed E-state index contributed by atoms with van der Waals surface area (Å²) in [5.74, 6) is -3.37. The first-order valence-corrected chi connectivity index (χ1v) is 11.7. The SMILES string of the molecule is CC(C)CC(NC(=O)C(CCCN=C(N)N)NC(=O)C(N)CO)C(=O)NC(CCCCN)C(=O)O. The standard InChI is InChI=1S/C21H42N8O6/c1-12(2)10-16(19(33)28-15(20(34)35)6-3-4-8-22)29-18(32)14(7-5-9-26-21(24)25)27-17(31)13(23)11-30/h12-16,30H,3-11,22-23H2,1-2H3,(H,27,31)(H,28,33)(H,29,32)(H,34,35)(H4,24,25,26). The fraction of sp³-hybridized carbons (Fsp3) is 0.762. The van der Waals surface area contributed by atoms with Gasteiger partial charge < -0.3 is 49.1 Å². The minimum Gasteiger partial charge on any atom is -0.480 e. The van der Waals surface area contributed by atoms with Crippen molar-refractivity contribution in [1.29, 1.82) is 0 Å². The zero-order valence-electron chi connectivity index (χ0n) is 20.5. The summed E-state index contributed by atoms with van der Waals surface area (Å²) >= 11 is 0. The number of aliphatic hydroxyl groups is 1. The van der Waals surface area contributed by atoms with Crippen molar-refractivity contribution >= 4 is 29.7 Å². The predicted octanol–water partition coefficient (Wildman–Crippen LogP) is -2.93. The Morgan fingerprint density at radius 2 is 1.40 bits per heavy atom. The van der Waals surface area contributed by atoms with Crippen LogP contribution in [0.4, 0.5) is 0 Å². The third kappa shape index (κ3) is 14.1. The number of nitrogens with zero attached hydrogens (tertiary/aromatic N) is 1. The Hall–Kier alpha value is -2.97. The molecule has 0 fully saturated rings. The number of rotatable bonds is 18. The smallest absolute Gasteiger partial charge is 0.326 e. The number of carboxylic acid groups (broad SMARTS) is 1. The van der Waals surface area contributed by atoms with E-state index >= 15 is 0 Å². The molecule has 3 amide bonds. The average molecular weight is 503 g/mol. The highest BCUT2D eigenvalue weighted by Crippen LogP contribution is 2.09. The molecule has 0 radical (unpaired) electrons. The molecule has 4 atom stereocenters. The molecule has 35 heavy (non-hydrogen) atoms. The van der Waals surface area contributed by atoms with Gasteiger partial charge in [0.15, 0.2) is 5.96 Å². The van der Waals surface area contributed by atoms with Gasteiger partial charge in [0, 0.05) is 6.54 Å². The highest BCUT2D eigenvalue weighted by Gasteiger charge is 2.30. The first-order valence-electron chi connectivity index (χ1n) is 11.7. The van der Waals surface area contributed by atoms with Crippen molar-refractivity contribution in [2.75, 3.05) is 19.7 Å². The van der Waals surface area contributed by atoms with Gasteiger partial charge in [-0.15, -0.1) is 0 Å². The number of hydrogen-bond acceptors (Lipinski definition) is 8. The van der Waals surface area contributed by atoms with Crippen LogP contribution in [0.15, 0.2) is 4.99 Å². The number of carbonyl (C=O) groups excluding carboxylic acids is 3. The van der Waals surface area contributed by atoms with Crippen molar-refractivity contribution in [3.8, 4) is 0 Å². The third-order valence-electron chi connectivity index (χ3n) is 5.01. The topological polar surface area (TPSA) is 261 Å². The predicted molar refractivity (Wildman–Crippen MR) is 131 cm³/mol. The van der Waals surface area contributed by atoms with E-state index in [9.17, 15) is 24.3 Å². The fourth-order valence-corrected chi connectivity index (χ4v) is 3.13. The summed E-state index contributed by atoms with van der Waals surface area (Å²) in [7, 11) is 0. The molecule has 0 aliphatic heterocycles. The summed E-state index contributed by atoms with van der Waals surface area (Å²) in [5.41, 5.74) is 21.6. The quantitative estimate of drug-likeness (QED) is 0.0523. The molecular weight excluding hydrogens is 460 g/mol. The van der Waals surface area contributed by atoms with Crippen LogP contribution in [0.5, 0.6) is 0 Å². The second kappa shape index (κ2) is 17.5. The number of aliphatic carboxylic acids is 1. The molecule has 14 nitrogen and oxygen atoms in total. The van der Waals surface area contributed by atoms with Crippen LogP contribution in [0.1, 0.15) is 52.4 Å². The number of nitrogens with two attached hydrogens (primary N) is 4. The van der Waals surface area contributed by atoms with Crippen molar-refractivity contribution in [3.63, 3.8) is 0 Å². The Bertz CT molecular complexity index is 714. The van der Waals surface area contributed by atoms with Gasteiger partial charge in [0.1, 0.15) is 24.2 Å². The van der Waals surface area contributed by atoms with Gasteiger partial charge in [-0.3, -0.25) is 19.4 Å². The van der Waals surface area contributed by atoms with Crippen molar-refractivity contribution in [2.45, 2.75) is 76.5 Å². The van der Waals surface area contributed by atoms with Crippen molar-refractivity contribution in [2.24, 2.45) is 33.8 Å². The van der Waals surface area contributed by atoms with Gasteiger partial charge in [-0.1, -0.05) is 13.8 Å². The normalized spacial score (nSPS) is 14.3. The number of nitrogens with one attached hydrogen (secondary N) is 3. The van der Waals surface area contributed by atoms with Gasteiger partial charge in [0.05, 0.1) is 6.61 Å². The van der Waals surface area contributed by atoms with E-state index in [-0.39, 0.29) is 37.7 Å². The maximum atomic E-state index is 13.0. The van der Waals surface area contributed by atoms with Crippen LogP contribution in [0.2, 0.25) is 0 Å². The molecule has 0 saturated carbocycles. The number of aliphatic hydroxyl groups excluding tert-OH is 1. The van der Waals surface area contributed by atoms with Crippen LogP contribution in [0, 0.1) is 5.92 Å². The number of guanidine groups is 1. The van der Waals surface area contributed by atoms with Crippen LogP contribution < -0.4 is 38.9 Å². The summed E-state index contributed by atoms with van der Waals surface area (Å²) in [6.45, 7) is 3.68. The maximum absolute atomic E-state index is 13.0. The molecular formula is C21H42N8O6. The van der Waals surface area contributed by atoms with E-state index in [4.69, 9.17) is 28.0 Å². The lowest BCUT2D eigenvalue weighted by Gasteiger charge is -2.26. The zero-order chi connectivity index (χ0) is 27.0. The first kappa shape index (κ1) is 32.0. The van der Waals surface area contributed by atoms with Crippen molar-refractivity contribution in [1.82, 2.24) is 16.0 Å². The summed E-state index contributed by atoms with van der Waals surface area (Å²) in [5, 5.41) is 26.1. The Labute approximate surface area is 205 Å². The van der Waals surface area contributed by atoms with Crippen LogP contribution in [-0.4, -0.2) is 83.7 Å². The number of amides is 3. The van der Waals surface area contributed by atoms with E-state index in [1.54, 1.807) is 0 Å². The van der Waals surface area contributed by atoms with E-state index in [0.29, 0.717) is 25.8 Å². The van der Waals surface area contributed by atoms with E-state index in [1.165, 1.54) is 0 Å². The number of aliphatic imine (C=N–C) groups is 1.